The second kappa shape index (κ2) is 8.31. The predicted molar refractivity (Wildman–Crippen MR) is 78.9 cm³/mol. The van der Waals surface area contributed by atoms with Crippen molar-refractivity contribution in [1.82, 2.24) is 0 Å². The zero-order valence-electron chi connectivity index (χ0n) is 11.6. The summed E-state index contributed by atoms with van der Waals surface area (Å²) in [5.74, 6) is -1.61. The fourth-order valence-electron chi connectivity index (χ4n) is 1.62. The van der Waals surface area contributed by atoms with E-state index in [0.29, 0.717) is 11.1 Å². The lowest BCUT2D eigenvalue weighted by Gasteiger charge is -1.99. The summed E-state index contributed by atoms with van der Waals surface area (Å²) in [6.45, 7) is 0. The van der Waals surface area contributed by atoms with Crippen LogP contribution < -0.4 is 0 Å². The molecule has 0 atom stereocenters. The molecule has 0 aliphatic carbocycles. The number of phenols is 2. The average Bonchev–Trinajstić information content (AvgIpc) is 2.40. The van der Waals surface area contributed by atoms with Gasteiger partial charge in [-0.1, -0.05) is 30.3 Å². The first-order valence-corrected chi connectivity index (χ1v) is 6.36. The lowest BCUT2D eigenvalue weighted by atomic mass is 10.1. The van der Waals surface area contributed by atoms with Crippen LogP contribution in [0.4, 0.5) is 0 Å². The van der Waals surface area contributed by atoms with E-state index in [1.807, 2.05) is 0 Å². The van der Waals surface area contributed by atoms with Crippen LogP contribution in [0.2, 0.25) is 0 Å². The Kier molecular flexibility index (Phi) is 6.43. The van der Waals surface area contributed by atoms with Gasteiger partial charge >= 0.3 is 11.9 Å². The third-order valence-corrected chi connectivity index (χ3v) is 2.56. The van der Waals surface area contributed by atoms with Gasteiger partial charge in [0.2, 0.25) is 0 Å². The molecule has 0 aliphatic heterocycles. The van der Waals surface area contributed by atoms with Crippen molar-refractivity contribution in [2.24, 2.45) is 0 Å². The van der Waals surface area contributed by atoms with Gasteiger partial charge in [-0.3, -0.25) is 9.59 Å². The van der Waals surface area contributed by atoms with Gasteiger partial charge in [-0.2, -0.15) is 0 Å². The summed E-state index contributed by atoms with van der Waals surface area (Å²) in [6.07, 6.45) is -0.0687. The molecule has 2 rings (SSSR count). The number of benzene rings is 2. The van der Waals surface area contributed by atoms with E-state index in [9.17, 15) is 9.59 Å². The van der Waals surface area contributed by atoms with Crippen molar-refractivity contribution in [2.75, 3.05) is 0 Å². The Morgan fingerprint density at radius 1 is 0.727 bits per heavy atom. The van der Waals surface area contributed by atoms with Crippen molar-refractivity contribution in [3.8, 4) is 11.5 Å². The maximum Gasteiger partial charge on any atom is 0.307 e. The summed E-state index contributed by atoms with van der Waals surface area (Å²) < 4.78 is 0. The van der Waals surface area contributed by atoms with Gasteiger partial charge in [-0.05, 0) is 23.3 Å². The number of hydrogen-bond acceptors (Lipinski definition) is 4. The molecule has 2 aromatic rings. The molecule has 6 heteroatoms. The molecule has 0 saturated carbocycles. The predicted octanol–water partition coefficient (Wildman–Crippen LogP) is 2.04. The first kappa shape index (κ1) is 17.0. The highest BCUT2D eigenvalue weighted by Gasteiger charge is 2.02. The van der Waals surface area contributed by atoms with Crippen molar-refractivity contribution < 1.29 is 30.0 Å². The highest BCUT2D eigenvalue weighted by molar-refractivity contribution is 5.71. The third kappa shape index (κ3) is 6.95. The van der Waals surface area contributed by atoms with Crippen molar-refractivity contribution in [3.05, 3.63) is 59.7 Å². The molecule has 0 spiro atoms. The van der Waals surface area contributed by atoms with Crippen molar-refractivity contribution in [2.45, 2.75) is 12.8 Å². The molecule has 22 heavy (non-hydrogen) atoms. The zero-order chi connectivity index (χ0) is 16.5. The maximum atomic E-state index is 10.3. The number of rotatable bonds is 4. The Morgan fingerprint density at radius 3 is 1.32 bits per heavy atom. The Balaban J connectivity index is 0.000000255. The minimum Gasteiger partial charge on any atom is -0.508 e. The van der Waals surface area contributed by atoms with Gasteiger partial charge in [0.05, 0.1) is 12.8 Å². The number of carboxylic acid groups (broad SMARTS) is 2. The monoisotopic (exact) mass is 304 g/mol. The molecule has 0 fully saturated rings. The van der Waals surface area contributed by atoms with Crippen LogP contribution in [0.1, 0.15) is 11.1 Å². The molecule has 2 aromatic carbocycles. The molecule has 0 saturated heterocycles. The topological polar surface area (TPSA) is 115 Å². The third-order valence-electron chi connectivity index (χ3n) is 2.56. The molecule has 0 amide bonds. The number of carbonyl (C=O) groups is 2. The number of aromatic hydroxyl groups is 2. The smallest absolute Gasteiger partial charge is 0.307 e. The molecule has 0 unspecified atom stereocenters. The molecule has 0 radical (unpaired) electrons. The van der Waals surface area contributed by atoms with E-state index in [1.54, 1.807) is 30.3 Å². The lowest BCUT2D eigenvalue weighted by molar-refractivity contribution is -0.137. The van der Waals surface area contributed by atoms with Gasteiger partial charge in [0.25, 0.3) is 0 Å². The Morgan fingerprint density at radius 2 is 1.09 bits per heavy atom. The number of carboxylic acids is 2. The number of phenolic OH excluding ortho intramolecular Hbond substituents is 2. The van der Waals surface area contributed by atoms with E-state index in [0.717, 1.165) is 0 Å². The Hall–Kier alpha value is -3.02. The highest BCUT2D eigenvalue weighted by atomic mass is 16.4. The van der Waals surface area contributed by atoms with Crippen LogP contribution in [0.25, 0.3) is 0 Å². The lowest BCUT2D eigenvalue weighted by Crippen LogP contribution is -2.02. The maximum absolute atomic E-state index is 10.3. The van der Waals surface area contributed by atoms with Crippen LogP contribution in [-0.4, -0.2) is 32.4 Å². The van der Waals surface area contributed by atoms with Crippen LogP contribution in [0.5, 0.6) is 11.5 Å². The summed E-state index contributed by atoms with van der Waals surface area (Å²) in [5.41, 5.74) is 1.35. The standard InChI is InChI=1S/C10H10O4.C6H6O2/c11-9(12)5-7-1-2-8(4-3-7)6-10(13)14;7-5-2-1-3-6(8)4-5/h1-4H,5-6H2,(H,11,12)(H,13,14);1-4,7-8H. The van der Waals surface area contributed by atoms with E-state index < -0.39 is 11.9 Å². The average molecular weight is 304 g/mol. The van der Waals surface area contributed by atoms with Gasteiger partial charge in [0, 0.05) is 6.07 Å². The van der Waals surface area contributed by atoms with E-state index in [4.69, 9.17) is 20.4 Å². The fourth-order valence-corrected chi connectivity index (χ4v) is 1.62. The van der Waals surface area contributed by atoms with Crippen molar-refractivity contribution >= 4 is 11.9 Å². The van der Waals surface area contributed by atoms with Gasteiger partial charge in [0.15, 0.2) is 0 Å². The highest BCUT2D eigenvalue weighted by Crippen LogP contribution is 2.14. The SMILES string of the molecule is O=C(O)Cc1ccc(CC(=O)O)cc1.Oc1cccc(O)c1. The normalized spacial score (nSPS) is 9.45. The Bertz CT molecular complexity index is 581. The molecular formula is C16H16O6. The van der Waals surface area contributed by atoms with Gasteiger partial charge in [0.1, 0.15) is 11.5 Å². The molecule has 0 aromatic heterocycles. The quantitative estimate of drug-likeness (QED) is 0.687. The fraction of sp³-hybridized carbons (Fsp3) is 0.125. The van der Waals surface area contributed by atoms with Gasteiger partial charge in [-0.25, -0.2) is 0 Å². The van der Waals surface area contributed by atoms with Crippen LogP contribution >= 0.6 is 0 Å². The van der Waals surface area contributed by atoms with Gasteiger partial charge < -0.3 is 20.4 Å². The van der Waals surface area contributed by atoms with E-state index in [-0.39, 0.29) is 24.3 Å². The molecule has 0 aliphatic rings. The van der Waals surface area contributed by atoms with Crippen molar-refractivity contribution in [1.29, 1.82) is 0 Å². The molecule has 0 bridgehead atoms. The molecule has 0 heterocycles. The first-order chi connectivity index (χ1) is 10.4. The Labute approximate surface area is 126 Å². The first-order valence-electron chi connectivity index (χ1n) is 6.36. The number of hydrogen-bond donors (Lipinski definition) is 4. The van der Waals surface area contributed by atoms with E-state index in [2.05, 4.69) is 0 Å². The summed E-state index contributed by atoms with van der Waals surface area (Å²) in [5, 5.41) is 34.3. The number of aliphatic carboxylic acids is 2. The van der Waals surface area contributed by atoms with E-state index in [1.165, 1.54) is 18.2 Å². The molecule has 116 valence electrons. The van der Waals surface area contributed by atoms with Crippen LogP contribution in [0.15, 0.2) is 48.5 Å². The summed E-state index contributed by atoms with van der Waals surface area (Å²) in [6, 6.07) is 12.4. The van der Waals surface area contributed by atoms with Gasteiger partial charge in [-0.15, -0.1) is 0 Å². The molecular weight excluding hydrogens is 288 g/mol. The van der Waals surface area contributed by atoms with Crippen LogP contribution in [0, 0.1) is 0 Å². The van der Waals surface area contributed by atoms with E-state index >= 15 is 0 Å². The largest absolute Gasteiger partial charge is 0.508 e. The van der Waals surface area contributed by atoms with Crippen LogP contribution in [-0.2, 0) is 22.4 Å². The minimum atomic E-state index is -0.893. The van der Waals surface area contributed by atoms with Crippen LogP contribution in [0.3, 0.4) is 0 Å². The summed E-state index contributed by atoms with van der Waals surface area (Å²) in [4.78, 5) is 20.7. The zero-order valence-corrected chi connectivity index (χ0v) is 11.6. The second-order valence-corrected chi connectivity index (χ2v) is 4.48. The van der Waals surface area contributed by atoms with Crippen molar-refractivity contribution in [3.63, 3.8) is 0 Å². The summed E-state index contributed by atoms with van der Waals surface area (Å²) in [7, 11) is 0. The molecule has 4 N–H and O–H groups in total. The summed E-state index contributed by atoms with van der Waals surface area (Å²) >= 11 is 0. The molecule has 6 nitrogen and oxygen atoms in total. The minimum absolute atomic E-state index is 0.0344. The second-order valence-electron chi connectivity index (χ2n) is 4.48.